The van der Waals surface area contributed by atoms with Gasteiger partial charge in [-0.2, -0.15) is 0 Å². The molecule has 7 nitrogen and oxygen atoms in total. The van der Waals surface area contributed by atoms with Crippen molar-refractivity contribution in [3.8, 4) is 0 Å². The van der Waals surface area contributed by atoms with Crippen molar-refractivity contribution in [2.24, 2.45) is 0 Å². The van der Waals surface area contributed by atoms with Crippen LogP contribution in [-0.4, -0.2) is 32.5 Å². The van der Waals surface area contributed by atoms with Crippen LogP contribution in [0.1, 0.15) is 28.2 Å². The molecule has 0 bridgehead atoms. The van der Waals surface area contributed by atoms with E-state index in [9.17, 15) is 14.4 Å². The highest BCUT2D eigenvalue weighted by Gasteiger charge is 2.17. The topological polar surface area (TPSA) is 83.2 Å². The molecule has 0 atom stereocenters. The van der Waals surface area contributed by atoms with Crippen molar-refractivity contribution < 1.29 is 14.3 Å². The van der Waals surface area contributed by atoms with E-state index < -0.39 is 5.97 Å². The summed E-state index contributed by atoms with van der Waals surface area (Å²) in [6.07, 6.45) is 3.15. The number of fused-ring (bicyclic) bond motifs is 1. The lowest BCUT2D eigenvalue weighted by Crippen LogP contribution is -2.23. The maximum Gasteiger partial charge on any atom is 0.308 e. The fraction of sp³-hybridized carbons (Fsp3) is 0.273. The minimum atomic E-state index is -0.543. The number of aryl methyl sites for hydroxylation is 2. The normalized spacial score (nSPS) is 10.8. The highest BCUT2D eigenvalue weighted by molar-refractivity contribution is 5.99. The minimum Gasteiger partial charge on any atom is -0.457 e. The molecular weight excluding hydrogens is 370 g/mol. The molecule has 29 heavy (non-hydrogen) atoms. The monoisotopic (exact) mass is 393 g/mol. The number of carbonyl (C=O) groups excluding carboxylic acids is 2. The number of para-hydroxylation sites is 1. The Labute approximate surface area is 168 Å². The molecule has 0 fully saturated rings. The van der Waals surface area contributed by atoms with Gasteiger partial charge in [-0.15, -0.1) is 6.58 Å². The molecule has 0 aliphatic carbocycles. The Morgan fingerprint density at radius 1 is 1.24 bits per heavy atom. The predicted molar refractivity (Wildman–Crippen MR) is 110 cm³/mol. The third kappa shape index (κ3) is 4.34. The number of rotatable bonds is 8. The van der Waals surface area contributed by atoms with Crippen molar-refractivity contribution in [3.05, 3.63) is 76.6 Å². The number of carbonyl (C=O) groups is 2. The molecule has 3 aromatic rings. The highest BCUT2D eigenvalue weighted by atomic mass is 16.5. The van der Waals surface area contributed by atoms with Crippen molar-refractivity contribution in [1.82, 2.24) is 14.1 Å². The number of esters is 1. The minimum absolute atomic E-state index is 0.0251. The highest BCUT2D eigenvalue weighted by Crippen LogP contribution is 2.16. The van der Waals surface area contributed by atoms with E-state index in [-0.39, 0.29) is 30.9 Å². The molecule has 2 heterocycles. The van der Waals surface area contributed by atoms with Crippen LogP contribution in [0, 0.1) is 13.8 Å². The molecule has 0 aliphatic heterocycles. The van der Waals surface area contributed by atoms with Gasteiger partial charge in [-0.25, -0.2) is 4.98 Å². The van der Waals surface area contributed by atoms with Gasteiger partial charge in [0.05, 0.1) is 23.7 Å². The van der Waals surface area contributed by atoms with Gasteiger partial charge in [-0.05, 0) is 32.0 Å². The van der Waals surface area contributed by atoms with Gasteiger partial charge in [0.1, 0.15) is 0 Å². The zero-order valence-electron chi connectivity index (χ0n) is 16.6. The Kier molecular flexibility index (Phi) is 6.07. The predicted octanol–water partition coefficient (Wildman–Crippen LogP) is 2.82. The van der Waals surface area contributed by atoms with Crippen molar-refractivity contribution in [1.29, 1.82) is 0 Å². The molecule has 150 valence electrons. The first-order valence-electron chi connectivity index (χ1n) is 9.33. The van der Waals surface area contributed by atoms with Gasteiger partial charge >= 0.3 is 5.97 Å². The first-order chi connectivity index (χ1) is 13.9. The smallest absolute Gasteiger partial charge is 0.308 e. The van der Waals surface area contributed by atoms with Crippen LogP contribution < -0.4 is 5.56 Å². The van der Waals surface area contributed by atoms with Crippen LogP contribution in [-0.2, 0) is 22.6 Å². The third-order valence-electron chi connectivity index (χ3n) is 4.84. The molecular formula is C22H23N3O4. The molecule has 0 saturated heterocycles. The lowest BCUT2D eigenvalue weighted by atomic mass is 10.1. The third-order valence-corrected chi connectivity index (χ3v) is 4.84. The quantitative estimate of drug-likeness (QED) is 0.334. The van der Waals surface area contributed by atoms with E-state index in [1.54, 1.807) is 30.3 Å². The van der Waals surface area contributed by atoms with E-state index in [0.29, 0.717) is 23.0 Å². The number of allylic oxidation sites excluding steroid dienone is 1. The van der Waals surface area contributed by atoms with Crippen LogP contribution in [0.4, 0.5) is 0 Å². The molecule has 0 saturated carbocycles. The van der Waals surface area contributed by atoms with E-state index in [1.165, 1.54) is 10.9 Å². The Morgan fingerprint density at radius 2 is 2.00 bits per heavy atom. The number of Topliss-reactive ketones (excluding diaryl/α,β-unsaturated/α-hetero) is 1. The number of ether oxygens (including phenoxy) is 1. The van der Waals surface area contributed by atoms with E-state index in [2.05, 4.69) is 11.6 Å². The van der Waals surface area contributed by atoms with Crippen molar-refractivity contribution >= 4 is 22.7 Å². The van der Waals surface area contributed by atoms with Gasteiger partial charge in [0, 0.05) is 30.0 Å². The second-order valence-corrected chi connectivity index (χ2v) is 6.78. The molecule has 0 unspecified atom stereocenters. The average Bonchev–Trinajstić information content (AvgIpc) is 3.00. The first kappa shape index (κ1) is 20.3. The number of aromatic nitrogens is 3. The van der Waals surface area contributed by atoms with Gasteiger partial charge in [0.25, 0.3) is 5.56 Å². The maximum atomic E-state index is 12.4. The van der Waals surface area contributed by atoms with Crippen LogP contribution in [0.2, 0.25) is 0 Å². The number of hydrogen-bond donors (Lipinski definition) is 0. The van der Waals surface area contributed by atoms with Gasteiger partial charge in [-0.1, -0.05) is 18.2 Å². The number of benzene rings is 1. The molecule has 0 spiro atoms. The van der Waals surface area contributed by atoms with Gasteiger partial charge < -0.3 is 9.30 Å². The second-order valence-electron chi connectivity index (χ2n) is 6.78. The van der Waals surface area contributed by atoms with Crippen molar-refractivity contribution in [2.45, 2.75) is 33.4 Å². The Hall–Kier alpha value is -3.48. The summed E-state index contributed by atoms with van der Waals surface area (Å²) in [5.41, 5.74) is 2.69. The lowest BCUT2D eigenvalue weighted by molar-refractivity contribution is -0.142. The number of hydrogen-bond acceptors (Lipinski definition) is 5. The van der Waals surface area contributed by atoms with Gasteiger partial charge in [-0.3, -0.25) is 19.0 Å². The Morgan fingerprint density at radius 3 is 2.76 bits per heavy atom. The van der Waals surface area contributed by atoms with Crippen LogP contribution in [0.15, 0.2) is 54.1 Å². The molecule has 3 rings (SSSR count). The zero-order chi connectivity index (χ0) is 21.0. The molecule has 1 aromatic carbocycles. The summed E-state index contributed by atoms with van der Waals surface area (Å²) >= 11 is 0. The molecule has 0 radical (unpaired) electrons. The van der Waals surface area contributed by atoms with Gasteiger partial charge in [0.15, 0.2) is 6.61 Å². The Balaban J connectivity index is 1.59. The van der Waals surface area contributed by atoms with E-state index in [0.717, 1.165) is 11.4 Å². The number of ketones is 1. The van der Waals surface area contributed by atoms with Crippen molar-refractivity contribution in [3.63, 3.8) is 0 Å². The standard InChI is InChI=1S/C22H23N3O4/c1-4-10-25-15(2)12-18(16(25)3)20(26)13-29-21(27)9-11-24-14-23-19-8-6-5-7-17(19)22(24)28/h4-8,12,14H,1,9-11,13H2,2-3H3. The number of nitrogens with zero attached hydrogens (tertiary/aromatic N) is 3. The second kappa shape index (κ2) is 8.68. The molecule has 0 aliphatic rings. The van der Waals surface area contributed by atoms with E-state index in [1.807, 2.05) is 24.5 Å². The largest absolute Gasteiger partial charge is 0.457 e. The summed E-state index contributed by atoms with van der Waals surface area (Å²) in [5, 5.41) is 0.494. The Bertz CT molecular complexity index is 1140. The summed E-state index contributed by atoms with van der Waals surface area (Å²) in [6, 6.07) is 8.81. The lowest BCUT2D eigenvalue weighted by Gasteiger charge is -2.08. The fourth-order valence-corrected chi connectivity index (χ4v) is 3.27. The zero-order valence-corrected chi connectivity index (χ0v) is 16.6. The summed E-state index contributed by atoms with van der Waals surface area (Å²) in [6.45, 7) is 7.90. The van der Waals surface area contributed by atoms with Crippen LogP contribution >= 0.6 is 0 Å². The molecule has 0 amide bonds. The summed E-state index contributed by atoms with van der Waals surface area (Å²) in [7, 11) is 0. The SMILES string of the molecule is C=CCn1c(C)cc(C(=O)COC(=O)CCn2cnc3ccccc3c2=O)c1C. The van der Waals surface area contributed by atoms with Crippen molar-refractivity contribution in [2.75, 3.05) is 6.61 Å². The van der Waals surface area contributed by atoms with Gasteiger partial charge in [0.2, 0.25) is 5.78 Å². The fourth-order valence-electron chi connectivity index (χ4n) is 3.27. The van der Waals surface area contributed by atoms with Crippen LogP contribution in [0.3, 0.4) is 0 Å². The summed E-state index contributed by atoms with van der Waals surface area (Å²) in [5.74, 6) is -0.801. The summed E-state index contributed by atoms with van der Waals surface area (Å²) in [4.78, 5) is 41.1. The average molecular weight is 393 g/mol. The first-order valence-corrected chi connectivity index (χ1v) is 9.33. The van der Waals surface area contributed by atoms with E-state index >= 15 is 0 Å². The molecule has 2 aromatic heterocycles. The molecule has 7 heteroatoms. The van der Waals surface area contributed by atoms with Crippen LogP contribution in [0.5, 0.6) is 0 Å². The van der Waals surface area contributed by atoms with Crippen LogP contribution in [0.25, 0.3) is 10.9 Å². The molecule has 0 N–H and O–H groups in total. The van der Waals surface area contributed by atoms with E-state index in [4.69, 9.17) is 4.74 Å². The maximum absolute atomic E-state index is 12.4. The summed E-state index contributed by atoms with van der Waals surface area (Å²) < 4.78 is 8.46.